The smallest absolute Gasteiger partial charge is 0.191 e. The molecule has 1 fully saturated rings. The Labute approximate surface area is 61.7 Å². The molecule has 3 nitrogen and oxygen atoms in total. The van der Waals surface area contributed by atoms with Crippen LogP contribution in [0.15, 0.2) is 11.4 Å². The Hall–Kier alpha value is 0.0500. The van der Waals surface area contributed by atoms with Crippen molar-refractivity contribution in [2.24, 2.45) is 0 Å². The lowest BCUT2D eigenvalue weighted by atomic mass is 10.1. The van der Waals surface area contributed by atoms with Crippen LogP contribution >= 0.6 is 8.38 Å². The average molecular weight is 161 g/mol. The van der Waals surface area contributed by atoms with Crippen molar-refractivity contribution in [1.29, 1.82) is 0 Å². The Balaban J connectivity index is 2.37. The quantitative estimate of drug-likeness (QED) is 0.492. The SMILES string of the molecule is OP(O)C=C1CCNCC1. The zero-order valence-electron chi connectivity index (χ0n) is 5.75. The maximum Gasteiger partial charge on any atom is 0.191 e. The molecule has 3 N–H and O–H groups in total. The molecular weight excluding hydrogens is 149 g/mol. The average Bonchev–Trinajstić information content (AvgIpc) is 1.88. The Bertz CT molecular complexity index is 128. The summed E-state index contributed by atoms with van der Waals surface area (Å²) in [5, 5.41) is 3.19. The van der Waals surface area contributed by atoms with E-state index in [2.05, 4.69) is 5.32 Å². The monoisotopic (exact) mass is 161 g/mol. The highest BCUT2D eigenvalue weighted by atomic mass is 31.2. The zero-order valence-corrected chi connectivity index (χ0v) is 6.64. The minimum absolute atomic E-state index is 0.958. The first-order valence-corrected chi connectivity index (χ1v) is 4.68. The molecule has 0 unspecified atom stereocenters. The summed E-state index contributed by atoms with van der Waals surface area (Å²) in [5.74, 6) is 1.58. The number of nitrogens with one attached hydrogen (secondary N) is 1. The standard InChI is InChI=1S/C6H12NO2P/c8-10(9)5-6-1-3-7-4-2-6/h5,7-9H,1-4H2. The number of piperidine rings is 1. The number of rotatable bonds is 1. The van der Waals surface area contributed by atoms with Gasteiger partial charge in [-0.05, 0) is 31.7 Å². The van der Waals surface area contributed by atoms with Gasteiger partial charge in [-0.3, -0.25) is 0 Å². The molecule has 0 radical (unpaired) electrons. The van der Waals surface area contributed by atoms with Crippen molar-refractivity contribution in [3.8, 4) is 0 Å². The van der Waals surface area contributed by atoms with Gasteiger partial charge >= 0.3 is 0 Å². The fraction of sp³-hybridized carbons (Fsp3) is 0.667. The van der Waals surface area contributed by atoms with Gasteiger partial charge in [-0.25, -0.2) is 0 Å². The fourth-order valence-corrected chi connectivity index (χ4v) is 1.63. The maximum absolute atomic E-state index is 8.63. The zero-order chi connectivity index (χ0) is 7.40. The summed E-state index contributed by atoms with van der Waals surface area (Å²) >= 11 is 0. The predicted octanol–water partition coefficient (Wildman–Crippen LogP) is 0.550. The minimum Gasteiger partial charge on any atom is -0.347 e. The minimum atomic E-state index is -1.81. The highest BCUT2D eigenvalue weighted by molar-refractivity contribution is 7.48. The molecule has 4 heteroatoms. The lowest BCUT2D eigenvalue weighted by Gasteiger charge is -2.14. The van der Waals surface area contributed by atoms with Gasteiger partial charge in [-0.15, -0.1) is 0 Å². The van der Waals surface area contributed by atoms with Gasteiger partial charge in [0.1, 0.15) is 0 Å². The first-order valence-electron chi connectivity index (χ1n) is 3.36. The molecular formula is C6H12NO2P. The Morgan fingerprint density at radius 3 is 2.40 bits per heavy atom. The second-order valence-electron chi connectivity index (χ2n) is 2.36. The van der Waals surface area contributed by atoms with Crippen molar-refractivity contribution in [3.05, 3.63) is 11.4 Å². The van der Waals surface area contributed by atoms with Gasteiger partial charge in [0, 0.05) is 0 Å². The van der Waals surface area contributed by atoms with Crippen molar-refractivity contribution in [2.45, 2.75) is 12.8 Å². The van der Waals surface area contributed by atoms with Crippen LogP contribution in [0.5, 0.6) is 0 Å². The van der Waals surface area contributed by atoms with E-state index in [1.807, 2.05) is 0 Å². The lowest BCUT2D eigenvalue weighted by Crippen LogP contribution is -2.22. The molecule has 0 atom stereocenters. The van der Waals surface area contributed by atoms with Gasteiger partial charge in [0.2, 0.25) is 0 Å². The van der Waals surface area contributed by atoms with Gasteiger partial charge in [0.05, 0.1) is 0 Å². The van der Waals surface area contributed by atoms with E-state index in [0.29, 0.717) is 0 Å². The summed E-state index contributed by atoms with van der Waals surface area (Å²) in [5.41, 5.74) is 1.18. The maximum atomic E-state index is 8.63. The molecule has 10 heavy (non-hydrogen) atoms. The molecule has 58 valence electrons. The predicted molar refractivity (Wildman–Crippen MR) is 41.5 cm³/mol. The highest BCUT2D eigenvalue weighted by Gasteiger charge is 2.05. The van der Waals surface area contributed by atoms with Gasteiger partial charge in [0.15, 0.2) is 8.38 Å². The van der Waals surface area contributed by atoms with Crippen molar-refractivity contribution < 1.29 is 9.79 Å². The molecule has 0 bridgehead atoms. The first-order chi connectivity index (χ1) is 4.79. The van der Waals surface area contributed by atoms with Crippen LogP contribution in [0.3, 0.4) is 0 Å². The van der Waals surface area contributed by atoms with E-state index in [9.17, 15) is 0 Å². The van der Waals surface area contributed by atoms with Gasteiger partial charge in [-0.1, -0.05) is 5.57 Å². The number of hydrogen-bond donors (Lipinski definition) is 3. The van der Waals surface area contributed by atoms with E-state index in [4.69, 9.17) is 9.79 Å². The van der Waals surface area contributed by atoms with E-state index in [-0.39, 0.29) is 0 Å². The van der Waals surface area contributed by atoms with E-state index in [1.165, 1.54) is 5.57 Å². The molecule has 1 heterocycles. The Morgan fingerprint density at radius 2 is 1.90 bits per heavy atom. The van der Waals surface area contributed by atoms with Gasteiger partial charge < -0.3 is 15.1 Å². The van der Waals surface area contributed by atoms with Crippen LogP contribution in [-0.2, 0) is 0 Å². The molecule has 1 aliphatic heterocycles. The molecule has 0 aromatic heterocycles. The second kappa shape index (κ2) is 4.04. The van der Waals surface area contributed by atoms with Crippen LogP contribution in [0.25, 0.3) is 0 Å². The molecule has 0 aromatic carbocycles. The largest absolute Gasteiger partial charge is 0.347 e. The van der Waals surface area contributed by atoms with E-state index in [0.717, 1.165) is 25.9 Å². The van der Waals surface area contributed by atoms with E-state index >= 15 is 0 Å². The van der Waals surface area contributed by atoms with Crippen molar-refractivity contribution in [1.82, 2.24) is 5.32 Å². The van der Waals surface area contributed by atoms with Crippen LogP contribution < -0.4 is 5.32 Å². The van der Waals surface area contributed by atoms with E-state index < -0.39 is 8.38 Å². The number of hydrogen-bond acceptors (Lipinski definition) is 3. The summed E-state index contributed by atoms with van der Waals surface area (Å²) < 4.78 is 0. The van der Waals surface area contributed by atoms with Crippen LogP contribution in [0, 0.1) is 0 Å². The van der Waals surface area contributed by atoms with Crippen LogP contribution in [-0.4, -0.2) is 22.9 Å². The normalized spacial score (nSPS) is 19.7. The van der Waals surface area contributed by atoms with Crippen molar-refractivity contribution in [3.63, 3.8) is 0 Å². The topological polar surface area (TPSA) is 52.5 Å². The van der Waals surface area contributed by atoms with Crippen molar-refractivity contribution in [2.75, 3.05) is 13.1 Å². The molecule has 0 saturated carbocycles. The summed E-state index contributed by atoms with van der Waals surface area (Å²) in [4.78, 5) is 17.3. The van der Waals surface area contributed by atoms with Crippen molar-refractivity contribution >= 4 is 8.38 Å². The molecule has 1 rings (SSSR count). The fourth-order valence-electron chi connectivity index (χ4n) is 1.04. The molecule has 0 spiro atoms. The Kier molecular flexibility index (Phi) is 3.29. The van der Waals surface area contributed by atoms with Crippen LogP contribution in [0.1, 0.15) is 12.8 Å². The molecule has 1 saturated heterocycles. The summed E-state index contributed by atoms with van der Waals surface area (Å²) in [6.45, 7) is 1.93. The molecule has 0 aromatic rings. The summed E-state index contributed by atoms with van der Waals surface area (Å²) in [6, 6.07) is 0. The third-order valence-electron chi connectivity index (χ3n) is 1.54. The van der Waals surface area contributed by atoms with Crippen LogP contribution in [0.4, 0.5) is 0 Å². The molecule has 1 aliphatic rings. The second-order valence-corrected chi connectivity index (χ2v) is 3.26. The third-order valence-corrected chi connectivity index (χ3v) is 2.14. The third kappa shape index (κ3) is 2.76. The van der Waals surface area contributed by atoms with Crippen LogP contribution in [0.2, 0.25) is 0 Å². The summed E-state index contributed by atoms with van der Waals surface area (Å²) in [7, 11) is -1.81. The van der Waals surface area contributed by atoms with E-state index in [1.54, 1.807) is 5.82 Å². The lowest BCUT2D eigenvalue weighted by molar-refractivity contribution is 0.494. The van der Waals surface area contributed by atoms with Gasteiger partial charge in [-0.2, -0.15) is 0 Å². The molecule has 0 aliphatic carbocycles. The van der Waals surface area contributed by atoms with Gasteiger partial charge in [0.25, 0.3) is 0 Å². The Morgan fingerprint density at radius 1 is 1.30 bits per heavy atom. The highest BCUT2D eigenvalue weighted by Crippen LogP contribution is 2.29. The first kappa shape index (κ1) is 8.15. The summed E-state index contributed by atoms with van der Waals surface area (Å²) in [6.07, 6.45) is 1.92. The molecule has 0 amide bonds.